The summed E-state index contributed by atoms with van der Waals surface area (Å²) in [4.78, 5) is 29.3. The van der Waals surface area contributed by atoms with Crippen LogP contribution in [0.4, 0.5) is 5.69 Å². The number of nitrogens with zero attached hydrogens (tertiary/aromatic N) is 6. The average Bonchev–Trinajstić information content (AvgIpc) is 2.93. The van der Waals surface area contributed by atoms with Gasteiger partial charge < -0.3 is 10.6 Å². The predicted molar refractivity (Wildman–Crippen MR) is 79.2 cm³/mol. The molecule has 0 saturated carbocycles. The molecule has 22 heavy (non-hydrogen) atoms. The number of rotatable bonds is 3. The Morgan fingerprint density at radius 2 is 1.91 bits per heavy atom. The molecule has 0 saturated heterocycles. The fourth-order valence-electron chi connectivity index (χ4n) is 2.03. The Kier molecular flexibility index (Phi) is 3.09. The van der Waals surface area contributed by atoms with Gasteiger partial charge in [-0.2, -0.15) is 4.68 Å². The van der Waals surface area contributed by atoms with Crippen molar-refractivity contribution < 1.29 is 4.79 Å². The molecule has 112 valence electrons. The molecule has 0 atom stereocenters. The summed E-state index contributed by atoms with van der Waals surface area (Å²) in [6.07, 6.45) is 1.21. The Bertz CT molecular complexity index is 908. The van der Waals surface area contributed by atoms with Gasteiger partial charge >= 0.3 is 5.69 Å². The lowest BCUT2D eigenvalue weighted by molar-refractivity contribution is 0.0997. The molecule has 3 rings (SSSR count). The second-order valence-corrected chi connectivity index (χ2v) is 4.85. The van der Waals surface area contributed by atoms with Crippen LogP contribution in [0.1, 0.15) is 10.5 Å². The summed E-state index contributed by atoms with van der Waals surface area (Å²) in [5.74, 6) is -0.760. The van der Waals surface area contributed by atoms with Crippen molar-refractivity contribution in [2.24, 2.45) is 5.73 Å². The second kappa shape index (κ2) is 4.95. The van der Waals surface area contributed by atoms with Gasteiger partial charge in [0.25, 0.3) is 5.91 Å². The molecule has 0 unspecified atom stereocenters. The maximum Gasteiger partial charge on any atom is 0.357 e. The molecule has 0 aliphatic carbocycles. The second-order valence-electron chi connectivity index (χ2n) is 4.85. The summed E-state index contributed by atoms with van der Waals surface area (Å²) < 4.78 is 2.26. The number of imidazole rings is 1. The number of carbonyl (C=O) groups excluding carboxylic acids is 1. The first-order valence-electron chi connectivity index (χ1n) is 6.39. The maximum atomic E-state index is 12.4. The van der Waals surface area contributed by atoms with E-state index in [1.54, 1.807) is 12.1 Å². The van der Waals surface area contributed by atoms with Gasteiger partial charge in [-0.05, 0) is 24.3 Å². The summed E-state index contributed by atoms with van der Waals surface area (Å²) in [6.45, 7) is 0. The van der Waals surface area contributed by atoms with E-state index in [4.69, 9.17) is 5.73 Å². The van der Waals surface area contributed by atoms with Crippen LogP contribution in [0.15, 0.2) is 35.4 Å². The predicted octanol–water partition coefficient (Wildman–Crippen LogP) is -0.560. The van der Waals surface area contributed by atoms with Crippen LogP contribution >= 0.6 is 0 Å². The molecule has 3 aromatic rings. The molecule has 9 nitrogen and oxygen atoms in total. The van der Waals surface area contributed by atoms with Crippen LogP contribution in [0.2, 0.25) is 0 Å². The first-order chi connectivity index (χ1) is 10.5. The van der Waals surface area contributed by atoms with E-state index in [1.165, 1.54) is 6.33 Å². The standard InChI is InChI=1S/C13H13N7O2/c1-18(2)8-3-5-9(6-4-8)20-13(22)19-7-15-10(11(14)21)12(19)16-17-20/h3-7H,1-2H3,(H2,14,21). The minimum Gasteiger partial charge on any atom is -0.378 e. The van der Waals surface area contributed by atoms with E-state index >= 15 is 0 Å². The summed E-state index contributed by atoms with van der Waals surface area (Å²) in [6, 6.07) is 7.22. The molecule has 1 amide bonds. The summed E-state index contributed by atoms with van der Waals surface area (Å²) >= 11 is 0. The number of hydrogen-bond donors (Lipinski definition) is 1. The van der Waals surface area contributed by atoms with Gasteiger partial charge in [0.05, 0.1) is 5.69 Å². The molecular weight excluding hydrogens is 286 g/mol. The molecule has 2 heterocycles. The average molecular weight is 299 g/mol. The molecule has 0 fully saturated rings. The number of aromatic nitrogens is 5. The van der Waals surface area contributed by atoms with E-state index < -0.39 is 11.6 Å². The lowest BCUT2D eigenvalue weighted by atomic mass is 10.2. The molecule has 2 aromatic heterocycles. The molecule has 0 radical (unpaired) electrons. The van der Waals surface area contributed by atoms with Crippen LogP contribution < -0.4 is 16.3 Å². The van der Waals surface area contributed by atoms with Crippen molar-refractivity contribution in [1.82, 2.24) is 24.4 Å². The van der Waals surface area contributed by atoms with Crippen molar-refractivity contribution in [2.45, 2.75) is 0 Å². The Labute approximate surface area is 124 Å². The first kappa shape index (κ1) is 13.7. The molecule has 0 bridgehead atoms. The van der Waals surface area contributed by atoms with E-state index in [-0.39, 0.29) is 11.3 Å². The summed E-state index contributed by atoms with van der Waals surface area (Å²) in [5, 5.41) is 7.70. The number of anilines is 1. The van der Waals surface area contributed by atoms with Gasteiger partial charge in [-0.3, -0.25) is 4.79 Å². The van der Waals surface area contributed by atoms with E-state index in [0.29, 0.717) is 5.69 Å². The third kappa shape index (κ3) is 2.08. The van der Waals surface area contributed by atoms with Crippen molar-refractivity contribution in [1.29, 1.82) is 0 Å². The zero-order chi connectivity index (χ0) is 15.9. The molecular formula is C13H13N7O2. The van der Waals surface area contributed by atoms with E-state index in [9.17, 15) is 9.59 Å². The topological polar surface area (TPSA) is 111 Å². The van der Waals surface area contributed by atoms with Gasteiger partial charge in [-0.25, -0.2) is 14.2 Å². The number of fused-ring (bicyclic) bond motifs is 1. The maximum absolute atomic E-state index is 12.4. The first-order valence-corrected chi connectivity index (χ1v) is 6.39. The quantitative estimate of drug-likeness (QED) is 0.694. The Morgan fingerprint density at radius 3 is 2.50 bits per heavy atom. The summed E-state index contributed by atoms with van der Waals surface area (Å²) in [7, 11) is 3.84. The van der Waals surface area contributed by atoms with Gasteiger partial charge in [0, 0.05) is 19.8 Å². The Hall–Kier alpha value is -3.23. The van der Waals surface area contributed by atoms with Crippen LogP contribution in [-0.2, 0) is 0 Å². The van der Waals surface area contributed by atoms with E-state index in [0.717, 1.165) is 14.8 Å². The van der Waals surface area contributed by atoms with Crippen LogP contribution in [0, 0.1) is 0 Å². The van der Waals surface area contributed by atoms with Crippen LogP contribution in [0.25, 0.3) is 11.3 Å². The number of amides is 1. The van der Waals surface area contributed by atoms with Crippen LogP contribution in [-0.4, -0.2) is 44.4 Å². The number of carbonyl (C=O) groups is 1. The van der Waals surface area contributed by atoms with Crippen molar-refractivity contribution >= 4 is 17.2 Å². The van der Waals surface area contributed by atoms with E-state index in [1.807, 2.05) is 31.1 Å². The zero-order valence-corrected chi connectivity index (χ0v) is 12.0. The van der Waals surface area contributed by atoms with Crippen LogP contribution in [0.3, 0.4) is 0 Å². The highest BCUT2D eigenvalue weighted by atomic mass is 16.2. The van der Waals surface area contributed by atoms with Gasteiger partial charge in [-0.15, -0.1) is 5.10 Å². The number of nitrogens with two attached hydrogens (primary N) is 1. The van der Waals surface area contributed by atoms with Gasteiger partial charge in [0.15, 0.2) is 11.3 Å². The SMILES string of the molecule is CN(C)c1ccc(-n2nnc3c(C(N)=O)ncn3c2=O)cc1. The van der Waals surface area contributed by atoms with Gasteiger partial charge in [-0.1, -0.05) is 5.21 Å². The van der Waals surface area contributed by atoms with E-state index in [2.05, 4.69) is 15.3 Å². The molecule has 2 N–H and O–H groups in total. The lowest BCUT2D eigenvalue weighted by Gasteiger charge is -2.12. The third-order valence-corrected chi connectivity index (χ3v) is 3.20. The van der Waals surface area contributed by atoms with Crippen molar-refractivity contribution in [3.05, 3.63) is 46.8 Å². The minimum atomic E-state index is -0.760. The minimum absolute atomic E-state index is 0.0404. The third-order valence-electron chi connectivity index (χ3n) is 3.20. The largest absolute Gasteiger partial charge is 0.378 e. The highest BCUT2D eigenvalue weighted by Gasteiger charge is 2.15. The molecule has 0 aliphatic rings. The van der Waals surface area contributed by atoms with Gasteiger partial charge in [0.2, 0.25) is 0 Å². The fourth-order valence-corrected chi connectivity index (χ4v) is 2.03. The number of primary amides is 1. The fraction of sp³-hybridized carbons (Fsp3) is 0.154. The normalized spacial score (nSPS) is 10.8. The lowest BCUT2D eigenvalue weighted by Crippen LogP contribution is -2.28. The Morgan fingerprint density at radius 1 is 1.23 bits per heavy atom. The highest BCUT2D eigenvalue weighted by Crippen LogP contribution is 2.13. The molecule has 0 spiro atoms. The highest BCUT2D eigenvalue weighted by molar-refractivity contribution is 5.96. The molecule has 1 aromatic carbocycles. The number of benzene rings is 1. The summed E-state index contributed by atoms with van der Waals surface area (Å²) in [5.41, 5.74) is 6.19. The van der Waals surface area contributed by atoms with Crippen molar-refractivity contribution in [2.75, 3.05) is 19.0 Å². The van der Waals surface area contributed by atoms with Crippen molar-refractivity contribution in [3.8, 4) is 5.69 Å². The smallest absolute Gasteiger partial charge is 0.357 e. The Balaban J connectivity index is 2.14. The van der Waals surface area contributed by atoms with Crippen LogP contribution in [0.5, 0.6) is 0 Å². The number of hydrogen-bond acceptors (Lipinski definition) is 6. The van der Waals surface area contributed by atoms with Crippen molar-refractivity contribution in [3.63, 3.8) is 0 Å². The molecule has 9 heteroatoms. The zero-order valence-electron chi connectivity index (χ0n) is 12.0. The van der Waals surface area contributed by atoms with Gasteiger partial charge in [0.1, 0.15) is 6.33 Å². The monoisotopic (exact) mass is 299 g/mol. The molecule has 0 aliphatic heterocycles.